The number of fused-ring (bicyclic) bond motifs is 3. The molecule has 0 amide bonds. The first kappa shape index (κ1) is 66.8. The van der Waals surface area contributed by atoms with Crippen LogP contribution in [-0.2, 0) is 19.3 Å². The van der Waals surface area contributed by atoms with E-state index in [0.717, 1.165) is 155 Å². The van der Waals surface area contributed by atoms with Crippen molar-refractivity contribution in [2.45, 2.75) is 47.0 Å². The highest BCUT2D eigenvalue weighted by Crippen LogP contribution is 2.39. The molecule has 0 bridgehead atoms. The lowest BCUT2D eigenvalue weighted by molar-refractivity contribution is 0.271. The van der Waals surface area contributed by atoms with Gasteiger partial charge < -0.3 is 60.0 Å². The van der Waals surface area contributed by atoms with E-state index in [4.69, 9.17) is 14.2 Å². The van der Waals surface area contributed by atoms with Crippen LogP contribution in [0.5, 0.6) is 34.9 Å². The summed E-state index contributed by atoms with van der Waals surface area (Å²) in [6, 6.07) is 20.9. The highest BCUT2D eigenvalue weighted by atomic mass is 19.1. The van der Waals surface area contributed by atoms with E-state index in [0.29, 0.717) is 53.4 Å². The minimum absolute atomic E-state index is 0.0844. The summed E-state index contributed by atoms with van der Waals surface area (Å²) in [5.74, 6) is -4.41. The molecule has 9 aromatic rings. The number of aromatic nitrogens is 9. The van der Waals surface area contributed by atoms with Crippen molar-refractivity contribution in [3.05, 3.63) is 195 Å². The van der Waals surface area contributed by atoms with Crippen LogP contribution in [0.25, 0.3) is 18.2 Å². The first-order valence-electron chi connectivity index (χ1n) is 32.6. The Kier molecular flexibility index (Phi) is 20.2. The number of nitrogens with one attached hydrogen (secondary N) is 4. The van der Waals surface area contributed by atoms with Gasteiger partial charge in [-0.25, -0.2) is 43.1 Å². The molecule has 21 nitrogen and oxygen atoms in total. The second-order valence-electron chi connectivity index (χ2n) is 24.7. The minimum Gasteiger partial charge on any atom is -0.433 e. The molecule has 0 atom stereocenters. The number of ether oxygens (including phenoxy) is 3. The maximum absolute atomic E-state index is 15.1. The molecule has 0 spiro atoms. The molecule has 0 radical (unpaired) electrons. The number of hydrogen-bond donors (Lipinski definition) is 4. The Labute approximate surface area is 568 Å². The van der Waals surface area contributed by atoms with Crippen LogP contribution in [0.1, 0.15) is 61.1 Å². The molecule has 510 valence electrons. The van der Waals surface area contributed by atoms with Gasteiger partial charge in [-0.2, -0.15) is 28.1 Å². The van der Waals surface area contributed by atoms with E-state index in [1.807, 2.05) is 39.0 Å². The van der Waals surface area contributed by atoms with E-state index >= 15 is 8.78 Å². The molecule has 27 heteroatoms. The van der Waals surface area contributed by atoms with Gasteiger partial charge >= 0.3 is 0 Å². The molecular formula is C72H72F6N18O3. The molecule has 6 aliphatic rings. The van der Waals surface area contributed by atoms with E-state index < -0.39 is 34.9 Å². The summed E-state index contributed by atoms with van der Waals surface area (Å²) in [5, 5.41) is 11.9. The first-order chi connectivity index (χ1) is 48.1. The summed E-state index contributed by atoms with van der Waals surface area (Å²) < 4.78 is 106. The lowest BCUT2D eigenvalue weighted by atomic mass is 10.1. The molecule has 3 saturated heterocycles. The Bertz CT molecular complexity index is 4510. The Balaban J connectivity index is 0.000000133. The molecule has 0 saturated carbocycles. The van der Waals surface area contributed by atoms with Crippen molar-refractivity contribution in [2.75, 3.05) is 123 Å². The standard InChI is InChI=1S/C25H26F2N6O.C24H24F2N6O.C23H22F2N6O/c1-3-32-8-10-33(11-9-32)18-5-7-21(28-14-18)31-24-23(27)25(30-15-29-24)34-20-6-4-17-12-16(2)13-19(17)22(20)26;1-15-11-16-3-5-19(21(25)18(16)12-15)33-24-22(26)23(28-14-29-24)30-20-6-4-17(13-27-20)32-9-7-31(2)8-10-32;1-14-10-15-2-4-18(20(24)17(15)11-14)32-23-21(25)22(28-13-29-23)30-19-5-3-16(12-27-19)31-8-6-26-7-9-31/h4-7,13-15H,3,8-12H2,1-2H3,(H,28,29,30,31);3-6,12-14H,7-11H2,1-2H3,(H,27,28,29,30);2-5,11-13,26H,6-10H2,1H3,(H,27,28,29,30). The number of rotatable bonds is 16. The molecule has 0 unspecified atom stereocenters. The largest absolute Gasteiger partial charge is 0.433 e. The van der Waals surface area contributed by atoms with Gasteiger partial charge in [0.05, 0.1) is 35.7 Å². The smallest absolute Gasteiger partial charge is 0.261 e. The molecule has 99 heavy (non-hydrogen) atoms. The summed E-state index contributed by atoms with van der Waals surface area (Å²) in [4.78, 5) is 48.0. The SMILES string of the molecule is CC1=Cc2c(ccc(Oc3ncnc(Nc4ccc(N5CCN(C)CC5)cn4)c3F)c2F)C1.CC1=Cc2c(ccc(Oc3ncnc(Nc4ccc(N5CCNCC5)cn4)c3F)c2F)C1.CCN1CCN(c2ccc(Nc3ncnc(Oc4ccc5c(c4F)C=C(C)C5)c3F)nc2)CC1. The molecule has 15 rings (SSSR count). The molecular weight excluding hydrogens is 1280 g/mol. The average Bonchev–Trinajstić information content (AvgIpc) is 1.86. The third-order valence-electron chi connectivity index (χ3n) is 17.7. The monoisotopic (exact) mass is 1350 g/mol. The Morgan fingerprint density at radius 3 is 1.05 bits per heavy atom. The van der Waals surface area contributed by atoms with E-state index in [1.165, 1.54) is 18.2 Å². The fraction of sp³-hybridized carbons (Fsp3) is 0.292. The van der Waals surface area contributed by atoms with Crippen LogP contribution in [0, 0.1) is 34.9 Å². The number of pyridine rings is 3. The zero-order valence-electron chi connectivity index (χ0n) is 55.2. The van der Waals surface area contributed by atoms with Crippen molar-refractivity contribution in [2.24, 2.45) is 0 Å². The van der Waals surface area contributed by atoms with Gasteiger partial charge in [-0.1, -0.05) is 60.1 Å². The zero-order chi connectivity index (χ0) is 68.7. The lowest BCUT2D eigenvalue weighted by Crippen LogP contribution is -2.46. The van der Waals surface area contributed by atoms with Crippen molar-refractivity contribution in [1.29, 1.82) is 0 Å². The van der Waals surface area contributed by atoms with E-state index in [-0.39, 0.29) is 52.3 Å². The minimum atomic E-state index is -0.827. The van der Waals surface area contributed by atoms with Crippen LogP contribution in [0.2, 0.25) is 0 Å². The number of likely N-dealkylation sites (N-methyl/N-ethyl adjacent to an activating group) is 2. The molecule has 3 aliphatic carbocycles. The third-order valence-corrected chi connectivity index (χ3v) is 17.7. The Morgan fingerprint density at radius 2 is 0.727 bits per heavy atom. The predicted octanol–water partition coefficient (Wildman–Crippen LogP) is 13.2. The van der Waals surface area contributed by atoms with E-state index in [1.54, 1.807) is 73.2 Å². The molecule has 3 fully saturated rings. The lowest BCUT2D eigenvalue weighted by Gasteiger charge is -2.35. The molecule has 3 aliphatic heterocycles. The maximum atomic E-state index is 15.1. The van der Waals surface area contributed by atoms with Gasteiger partial charge in [-0.3, -0.25) is 0 Å². The number of benzene rings is 3. The summed E-state index contributed by atoms with van der Waals surface area (Å²) in [7, 11) is 2.10. The number of halogens is 6. The van der Waals surface area contributed by atoms with Crippen LogP contribution in [0.15, 0.2) is 127 Å². The number of nitrogens with zero attached hydrogens (tertiary/aromatic N) is 14. The second-order valence-corrected chi connectivity index (χ2v) is 24.7. The topological polar surface area (TPSA) is 208 Å². The number of anilines is 9. The quantitative estimate of drug-likeness (QED) is 0.0663. The van der Waals surface area contributed by atoms with Gasteiger partial charge in [0.2, 0.25) is 17.5 Å². The van der Waals surface area contributed by atoms with E-state index in [9.17, 15) is 17.6 Å². The van der Waals surface area contributed by atoms with Crippen molar-refractivity contribution in [3.63, 3.8) is 0 Å². The van der Waals surface area contributed by atoms with Gasteiger partial charge in [-0.15, -0.1) is 0 Å². The van der Waals surface area contributed by atoms with Crippen LogP contribution in [0.4, 0.5) is 78.3 Å². The van der Waals surface area contributed by atoms with Crippen molar-refractivity contribution >= 4 is 70.2 Å². The van der Waals surface area contributed by atoms with E-state index in [2.05, 4.69) is 105 Å². The molecule has 4 N–H and O–H groups in total. The molecule has 3 aromatic carbocycles. The second kappa shape index (κ2) is 29.9. The van der Waals surface area contributed by atoms with Crippen LogP contribution >= 0.6 is 0 Å². The Hall–Kier alpha value is -10.8. The highest BCUT2D eigenvalue weighted by molar-refractivity contribution is 5.69. The summed E-state index contributed by atoms with van der Waals surface area (Å²) in [6.07, 6.45) is 16.1. The van der Waals surface area contributed by atoms with Crippen molar-refractivity contribution in [1.82, 2.24) is 60.0 Å². The maximum Gasteiger partial charge on any atom is 0.261 e. The number of hydrogen-bond acceptors (Lipinski definition) is 21. The van der Waals surface area contributed by atoms with Crippen LogP contribution in [0.3, 0.4) is 0 Å². The van der Waals surface area contributed by atoms with Crippen LogP contribution < -0.4 is 50.2 Å². The van der Waals surface area contributed by atoms with Crippen molar-refractivity contribution < 1.29 is 40.6 Å². The van der Waals surface area contributed by atoms with Gasteiger partial charge in [0, 0.05) is 95.2 Å². The van der Waals surface area contributed by atoms with Gasteiger partial charge in [0.25, 0.3) is 17.6 Å². The normalized spacial score (nSPS) is 15.7. The third kappa shape index (κ3) is 15.5. The van der Waals surface area contributed by atoms with Gasteiger partial charge in [0.1, 0.15) is 36.4 Å². The predicted molar refractivity (Wildman–Crippen MR) is 369 cm³/mol. The fourth-order valence-electron chi connectivity index (χ4n) is 12.3. The van der Waals surface area contributed by atoms with Crippen LogP contribution in [-0.4, -0.2) is 147 Å². The zero-order valence-corrected chi connectivity index (χ0v) is 55.2. The van der Waals surface area contributed by atoms with Crippen molar-refractivity contribution in [3.8, 4) is 34.9 Å². The summed E-state index contributed by atoms with van der Waals surface area (Å²) >= 11 is 0. The Morgan fingerprint density at radius 1 is 0.394 bits per heavy atom. The number of piperazine rings is 3. The van der Waals surface area contributed by atoms with Gasteiger partial charge in [0.15, 0.2) is 52.2 Å². The summed E-state index contributed by atoms with van der Waals surface area (Å²) in [5.41, 5.74) is 10.3. The number of allylic oxidation sites excluding steroid dienone is 3. The highest BCUT2D eigenvalue weighted by Gasteiger charge is 2.26. The fourth-order valence-corrected chi connectivity index (χ4v) is 12.3. The molecule has 6 aromatic heterocycles. The molecule has 9 heterocycles. The average molecular weight is 1350 g/mol. The first-order valence-corrected chi connectivity index (χ1v) is 32.6. The summed E-state index contributed by atoms with van der Waals surface area (Å²) in [6.45, 7) is 20.5. The van der Waals surface area contributed by atoms with Gasteiger partial charge in [-0.05, 0) is 125 Å².